The number of carbonyl (C=O) groups excluding carboxylic acids is 1. The lowest BCUT2D eigenvalue weighted by atomic mass is 10.1. The maximum Gasteiger partial charge on any atom is 0.338 e. The molecule has 4 nitrogen and oxygen atoms in total. The first-order chi connectivity index (χ1) is 9.22. The molecule has 0 aliphatic carbocycles. The van der Waals surface area contributed by atoms with E-state index in [0.717, 1.165) is 6.04 Å². The molecule has 0 saturated heterocycles. The van der Waals surface area contributed by atoms with Crippen LogP contribution < -0.4 is 0 Å². The molecule has 0 bridgehead atoms. The van der Waals surface area contributed by atoms with Gasteiger partial charge in [0.25, 0.3) is 0 Å². The van der Waals surface area contributed by atoms with Crippen molar-refractivity contribution < 1.29 is 14.7 Å². The third-order valence-electron chi connectivity index (χ3n) is 3.05. The molecule has 0 saturated carbocycles. The molecule has 0 fully saturated rings. The van der Waals surface area contributed by atoms with Gasteiger partial charge in [0.15, 0.2) is 6.29 Å². The standard InChI is InChI=1S/C15H21NO3Si/c1-6-11-12(8-7-9-20(3,4)5)16(2)13(10-17)14(11)15(18)19/h10H,6,9H2,1-5H3,(H,18,19). The monoisotopic (exact) mass is 291 g/mol. The Hall–Kier alpha value is -1.80. The van der Waals surface area contributed by atoms with Gasteiger partial charge in [0.2, 0.25) is 0 Å². The number of nitrogens with zero attached hydrogens (tertiary/aromatic N) is 1. The lowest BCUT2D eigenvalue weighted by Gasteiger charge is -2.09. The number of rotatable bonds is 4. The zero-order valence-electron chi connectivity index (χ0n) is 12.7. The molecular formula is C15H21NO3Si. The molecule has 1 heterocycles. The number of hydrogen-bond donors (Lipinski definition) is 1. The molecule has 0 aliphatic rings. The summed E-state index contributed by atoms with van der Waals surface area (Å²) in [4.78, 5) is 22.5. The minimum Gasteiger partial charge on any atom is -0.478 e. The molecule has 1 aromatic rings. The summed E-state index contributed by atoms with van der Waals surface area (Å²) in [5.41, 5.74) is 1.56. The summed E-state index contributed by atoms with van der Waals surface area (Å²) >= 11 is 0. The van der Waals surface area contributed by atoms with Gasteiger partial charge in [-0.3, -0.25) is 4.79 Å². The highest BCUT2D eigenvalue weighted by Gasteiger charge is 2.23. The van der Waals surface area contributed by atoms with Crippen LogP contribution >= 0.6 is 0 Å². The minimum atomic E-state index is -1.26. The number of carbonyl (C=O) groups is 2. The van der Waals surface area contributed by atoms with E-state index < -0.39 is 14.0 Å². The number of aldehydes is 1. The highest BCUT2D eigenvalue weighted by atomic mass is 28.3. The summed E-state index contributed by atoms with van der Waals surface area (Å²) in [6, 6.07) is 0.847. The second-order valence-electron chi connectivity index (χ2n) is 5.96. The molecule has 0 spiro atoms. The van der Waals surface area contributed by atoms with Crippen LogP contribution in [-0.2, 0) is 13.5 Å². The van der Waals surface area contributed by atoms with E-state index in [1.54, 1.807) is 11.6 Å². The van der Waals surface area contributed by atoms with Gasteiger partial charge in [-0.25, -0.2) is 4.79 Å². The van der Waals surface area contributed by atoms with E-state index in [2.05, 4.69) is 31.5 Å². The van der Waals surface area contributed by atoms with E-state index in [1.807, 2.05) is 6.92 Å². The molecule has 108 valence electrons. The first kappa shape index (κ1) is 16.3. The quantitative estimate of drug-likeness (QED) is 0.527. The Morgan fingerprint density at radius 3 is 2.40 bits per heavy atom. The number of aromatic nitrogens is 1. The van der Waals surface area contributed by atoms with Crippen molar-refractivity contribution in [3.63, 3.8) is 0 Å². The second kappa shape index (κ2) is 6.10. The summed E-state index contributed by atoms with van der Waals surface area (Å²) in [6.07, 6.45) is 1.13. The average molecular weight is 291 g/mol. The van der Waals surface area contributed by atoms with Crippen molar-refractivity contribution in [1.29, 1.82) is 0 Å². The van der Waals surface area contributed by atoms with Crippen molar-refractivity contribution in [2.45, 2.75) is 39.0 Å². The maximum absolute atomic E-state index is 11.3. The molecule has 1 aromatic heterocycles. The van der Waals surface area contributed by atoms with Crippen LogP contribution in [0.25, 0.3) is 0 Å². The van der Waals surface area contributed by atoms with Gasteiger partial charge >= 0.3 is 5.97 Å². The number of aromatic carboxylic acids is 1. The molecule has 0 amide bonds. The Labute approximate surface area is 120 Å². The average Bonchev–Trinajstić information content (AvgIpc) is 2.60. The molecule has 0 radical (unpaired) electrons. The van der Waals surface area contributed by atoms with Crippen molar-refractivity contribution in [2.75, 3.05) is 0 Å². The van der Waals surface area contributed by atoms with Crippen molar-refractivity contribution in [3.05, 3.63) is 22.5 Å². The normalized spacial score (nSPS) is 10.8. The summed E-state index contributed by atoms with van der Waals surface area (Å²) in [5, 5.41) is 9.29. The van der Waals surface area contributed by atoms with Crippen LogP contribution in [0.4, 0.5) is 0 Å². The number of hydrogen-bond acceptors (Lipinski definition) is 2. The highest BCUT2D eigenvalue weighted by Crippen LogP contribution is 2.21. The topological polar surface area (TPSA) is 59.3 Å². The molecule has 5 heteroatoms. The van der Waals surface area contributed by atoms with E-state index in [1.165, 1.54) is 0 Å². The Bertz CT molecular complexity index is 597. The number of carboxylic acid groups (broad SMARTS) is 1. The first-order valence-electron chi connectivity index (χ1n) is 6.61. The highest BCUT2D eigenvalue weighted by molar-refractivity contribution is 6.76. The van der Waals surface area contributed by atoms with Crippen molar-refractivity contribution in [3.8, 4) is 11.8 Å². The van der Waals surface area contributed by atoms with Crippen LogP contribution in [-0.4, -0.2) is 30.0 Å². The van der Waals surface area contributed by atoms with Crippen LogP contribution in [0.1, 0.15) is 39.0 Å². The van der Waals surface area contributed by atoms with Crippen LogP contribution in [0.5, 0.6) is 0 Å². The van der Waals surface area contributed by atoms with Crippen LogP contribution in [0.3, 0.4) is 0 Å². The molecule has 0 atom stereocenters. The lowest BCUT2D eigenvalue weighted by Crippen LogP contribution is -2.17. The summed E-state index contributed by atoms with van der Waals surface area (Å²) in [7, 11) is 0.427. The Kier molecular flexibility index (Phi) is 4.96. The van der Waals surface area contributed by atoms with Gasteiger partial charge < -0.3 is 9.67 Å². The van der Waals surface area contributed by atoms with Gasteiger partial charge in [0.05, 0.1) is 25.0 Å². The fourth-order valence-corrected chi connectivity index (χ4v) is 2.66. The molecule has 0 aromatic carbocycles. The Morgan fingerprint density at radius 2 is 2.00 bits per heavy atom. The van der Waals surface area contributed by atoms with E-state index in [0.29, 0.717) is 24.0 Å². The molecule has 0 unspecified atom stereocenters. The molecule has 20 heavy (non-hydrogen) atoms. The van der Waals surface area contributed by atoms with E-state index >= 15 is 0 Å². The number of carboxylic acids is 1. The lowest BCUT2D eigenvalue weighted by molar-refractivity contribution is 0.0692. The third kappa shape index (κ3) is 3.39. The smallest absolute Gasteiger partial charge is 0.338 e. The molecule has 0 aliphatic heterocycles. The summed E-state index contributed by atoms with van der Waals surface area (Å²) < 4.78 is 1.59. The summed E-state index contributed by atoms with van der Waals surface area (Å²) in [6.45, 7) is 8.56. The van der Waals surface area contributed by atoms with E-state index in [4.69, 9.17) is 0 Å². The largest absolute Gasteiger partial charge is 0.478 e. The van der Waals surface area contributed by atoms with Crippen LogP contribution in [0.15, 0.2) is 0 Å². The van der Waals surface area contributed by atoms with Crippen molar-refractivity contribution in [2.24, 2.45) is 7.05 Å². The Morgan fingerprint density at radius 1 is 1.40 bits per heavy atom. The zero-order valence-corrected chi connectivity index (χ0v) is 13.7. The van der Waals surface area contributed by atoms with Gasteiger partial charge in [-0.05, 0) is 12.3 Å². The fraction of sp³-hybridized carbons (Fsp3) is 0.467. The van der Waals surface area contributed by atoms with E-state index in [-0.39, 0.29) is 11.3 Å². The van der Waals surface area contributed by atoms with Gasteiger partial charge in [-0.1, -0.05) is 32.5 Å². The molecule has 1 N–H and O–H groups in total. The minimum absolute atomic E-state index is 0.0855. The maximum atomic E-state index is 11.3. The molecule has 1 rings (SSSR count). The Balaban J connectivity index is 3.40. The van der Waals surface area contributed by atoms with Crippen LogP contribution in [0, 0.1) is 11.8 Å². The van der Waals surface area contributed by atoms with Gasteiger partial charge in [-0.2, -0.15) is 0 Å². The molecular weight excluding hydrogens is 270 g/mol. The fourth-order valence-electron chi connectivity index (χ4n) is 2.04. The second-order valence-corrected chi connectivity index (χ2v) is 11.4. The van der Waals surface area contributed by atoms with Crippen molar-refractivity contribution in [1.82, 2.24) is 4.57 Å². The van der Waals surface area contributed by atoms with Gasteiger partial charge in [-0.15, -0.1) is 0 Å². The predicted octanol–water partition coefficient (Wildman–Crippen LogP) is 2.79. The third-order valence-corrected chi connectivity index (χ3v) is 4.28. The first-order valence-corrected chi connectivity index (χ1v) is 10.3. The van der Waals surface area contributed by atoms with Gasteiger partial charge in [0, 0.05) is 18.7 Å². The van der Waals surface area contributed by atoms with E-state index in [9.17, 15) is 14.7 Å². The van der Waals surface area contributed by atoms with Crippen LogP contribution in [0.2, 0.25) is 25.7 Å². The zero-order chi connectivity index (χ0) is 15.5. The SMILES string of the molecule is CCc1c(C(=O)O)c(C=O)n(C)c1C#CC[Si](C)(C)C. The van der Waals surface area contributed by atoms with Crippen molar-refractivity contribution >= 4 is 20.3 Å². The van der Waals surface area contributed by atoms with Gasteiger partial charge in [0.1, 0.15) is 0 Å². The predicted molar refractivity (Wildman–Crippen MR) is 82.2 cm³/mol. The summed E-state index contributed by atoms with van der Waals surface area (Å²) in [5.74, 6) is 5.14.